The summed E-state index contributed by atoms with van der Waals surface area (Å²) in [4.78, 5) is 0. The van der Waals surface area contributed by atoms with E-state index in [1.54, 1.807) is 6.07 Å². The highest BCUT2D eigenvalue weighted by Gasteiger charge is 2.04. The molecule has 0 saturated carbocycles. The molecule has 0 fully saturated rings. The highest BCUT2D eigenvalue weighted by Crippen LogP contribution is 2.15. The van der Waals surface area contributed by atoms with Crippen molar-refractivity contribution in [3.63, 3.8) is 0 Å². The van der Waals surface area contributed by atoms with Gasteiger partial charge in [0.05, 0.1) is 0 Å². The molecular formula is C8H13N3O. The first-order valence-electron chi connectivity index (χ1n) is 3.66. The Balaban J connectivity index is 2.96. The van der Waals surface area contributed by atoms with Gasteiger partial charge in [0.25, 0.3) is 0 Å². The van der Waals surface area contributed by atoms with Gasteiger partial charge < -0.3 is 16.7 Å². The van der Waals surface area contributed by atoms with Crippen LogP contribution in [0.25, 0.3) is 0 Å². The predicted molar refractivity (Wildman–Crippen MR) is 47.4 cm³/mol. The molecule has 6 N–H and O–H groups in total. The highest BCUT2D eigenvalue weighted by molar-refractivity contribution is 5.48. The SMILES string of the molecule is Cc1ccc(C(N)NO)cc1N. The summed E-state index contributed by atoms with van der Waals surface area (Å²) in [5.41, 5.74) is 15.5. The molecule has 0 aliphatic heterocycles. The number of nitrogens with two attached hydrogens (primary N) is 2. The van der Waals surface area contributed by atoms with Gasteiger partial charge in [0.1, 0.15) is 6.17 Å². The third kappa shape index (κ3) is 1.73. The van der Waals surface area contributed by atoms with Crippen molar-refractivity contribution in [2.75, 3.05) is 5.73 Å². The Morgan fingerprint density at radius 2 is 2.17 bits per heavy atom. The smallest absolute Gasteiger partial charge is 0.104 e. The molecule has 0 aliphatic rings. The molecule has 1 atom stereocenters. The van der Waals surface area contributed by atoms with Gasteiger partial charge in [-0.2, -0.15) is 5.48 Å². The number of aryl methyl sites for hydroxylation is 1. The maximum atomic E-state index is 8.53. The zero-order valence-electron chi connectivity index (χ0n) is 6.91. The van der Waals surface area contributed by atoms with Gasteiger partial charge in [0.15, 0.2) is 0 Å². The average molecular weight is 167 g/mol. The lowest BCUT2D eigenvalue weighted by Gasteiger charge is -2.10. The number of nitrogens with one attached hydrogen (secondary N) is 1. The van der Waals surface area contributed by atoms with Crippen LogP contribution >= 0.6 is 0 Å². The fourth-order valence-corrected chi connectivity index (χ4v) is 0.927. The minimum Gasteiger partial charge on any atom is -0.399 e. The first-order valence-corrected chi connectivity index (χ1v) is 3.66. The van der Waals surface area contributed by atoms with E-state index in [1.165, 1.54) is 0 Å². The molecular weight excluding hydrogens is 154 g/mol. The van der Waals surface area contributed by atoms with Crippen molar-refractivity contribution in [3.05, 3.63) is 29.3 Å². The second-order valence-corrected chi connectivity index (χ2v) is 2.72. The number of hydroxylamine groups is 1. The minimum absolute atomic E-state index is 0.576. The van der Waals surface area contributed by atoms with Crippen LogP contribution in [0, 0.1) is 6.92 Å². The molecule has 1 aromatic rings. The van der Waals surface area contributed by atoms with Crippen molar-refractivity contribution < 1.29 is 5.21 Å². The Hall–Kier alpha value is -1.10. The zero-order chi connectivity index (χ0) is 9.14. The average Bonchev–Trinajstić information content (AvgIpc) is 2.08. The summed E-state index contributed by atoms with van der Waals surface area (Å²) in [7, 11) is 0. The Morgan fingerprint density at radius 3 is 2.67 bits per heavy atom. The second kappa shape index (κ2) is 3.53. The van der Waals surface area contributed by atoms with Gasteiger partial charge >= 0.3 is 0 Å². The molecule has 4 nitrogen and oxygen atoms in total. The van der Waals surface area contributed by atoms with Crippen LogP contribution in [0.5, 0.6) is 0 Å². The normalized spacial score (nSPS) is 12.9. The van der Waals surface area contributed by atoms with E-state index in [0.717, 1.165) is 11.1 Å². The van der Waals surface area contributed by atoms with Gasteiger partial charge in [-0.15, -0.1) is 0 Å². The van der Waals surface area contributed by atoms with Gasteiger partial charge in [-0.25, -0.2) is 0 Å². The Kier molecular flexibility index (Phi) is 2.65. The van der Waals surface area contributed by atoms with Crippen molar-refractivity contribution in [2.24, 2.45) is 5.73 Å². The Labute approximate surface area is 71.1 Å². The molecule has 0 amide bonds. The van der Waals surface area contributed by atoms with Crippen LogP contribution in [0.15, 0.2) is 18.2 Å². The maximum absolute atomic E-state index is 8.53. The fraction of sp³-hybridized carbons (Fsp3) is 0.250. The molecule has 66 valence electrons. The number of hydrogen-bond acceptors (Lipinski definition) is 4. The lowest BCUT2D eigenvalue weighted by atomic mass is 10.1. The predicted octanol–water partition coefficient (Wildman–Crippen LogP) is 0.513. The molecule has 1 aromatic carbocycles. The largest absolute Gasteiger partial charge is 0.399 e. The molecule has 0 saturated heterocycles. The number of nitrogen functional groups attached to an aromatic ring is 1. The van der Waals surface area contributed by atoms with Crippen molar-refractivity contribution in [2.45, 2.75) is 13.1 Å². The number of anilines is 1. The van der Waals surface area contributed by atoms with E-state index in [4.69, 9.17) is 16.7 Å². The van der Waals surface area contributed by atoms with Crippen LogP contribution in [0.2, 0.25) is 0 Å². The lowest BCUT2D eigenvalue weighted by molar-refractivity contribution is 0.128. The molecule has 0 aromatic heterocycles. The Morgan fingerprint density at radius 1 is 1.50 bits per heavy atom. The van der Waals surface area contributed by atoms with Crippen LogP contribution in [0.3, 0.4) is 0 Å². The molecule has 0 radical (unpaired) electrons. The topological polar surface area (TPSA) is 84.3 Å². The molecule has 0 bridgehead atoms. The van der Waals surface area contributed by atoms with E-state index < -0.39 is 6.17 Å². The molecule has 1 rings (SSSR count). The van der Waals surface area contributed by atoms with E-state index in [2.05, 4.69) is 0 Å². The second-order valence-electron chi connectivity index (χ2n) is 2.72. The molecule has 0 aliphatic carbocycles. The van der Waals surface area contributed by atoms with E-state index in [0.29, 0.717) is 5.69 Å². The van der Waals surface area contributed by atoms with Crippen LogP contribution in [-0.4, -0.2) is 5.21 Å². The molecule has 0 spiro atoms. The summed E-state index contributed by atoms with van der Waals surface area (Å²) in [5, 5.41) is 8.53. The van der Waals surface area contributed by atoms with Crippen LogP contribution in [-0.2, 0) is 0 Å². The summed E-state index contributed by atoms with van der Waals surface area (Å²) in [5.74, 6) is 0. The van der Waals surface area contributed by atoms with Gasteiger partial charge in [-0.3, -0.25) is 0 Å². The number of rotatable bonds is 2. The number of hydrogen-bond donors (Lipinski definition) is 4. The van der Waals surface area contributed by atoms with E-state index in [-0.39, 0.29) is 0 Å². The van der Waals surface area contributed by atoms with Crippen LogP contribution in [0.4, 0.5) is 5.69 Å². The molecule has 0 heterocycles. The van der Waals surface area contributed by atoms with E-state index >= 15 is 0 Å². The number of benzene rings is 1. The van der Waals surface area contributed by atoms with Crippen molar-refractivity contribution >= 4 is 5.69 Å². The van der Waals surface area contributed by atoms with Gasteiger partial charge in [-0.05, 0) is 24.1 Å². The minimum atomic E-state index is -0.576. The highest BCUT2D eigenvalue weighted by atomic mass is 16.5. The maximum Gasteiger partial charge on any atom is 0.104 e. The van der Waals surface area contributed by atoms with E-state index in [9.17, 15) is 0 Å². The van der Waals surface area contributed by atoms with Gasteiger partial charge in [-0.1, -0.05) is 12.1 Å². The summed E-state index contributed by atoms with van der Waals surface area (Å²) >= 11 is 0. The standard InChI is InChI=1S/C8H13N3O/c1-5-2-3-6(4-7(5)9)8(10)11-12/h2-4,8,11-12H,9-10H2,1H3. The van der Waals surface area contributed by atoms with E-state index in [1.807, 2.05) is 24.5 Å². The van der Waals surface area contributed by atoms with Crippen LogP contribution in [0.1, 0.15) is 17.3 Å². The van der Waals surface area contributed by atoms with Gasteiger partial charge in [0, 0.05) is 5.69 Å². The lowest BCUT2D eigenvalue weighted by Crippen LogP contribution is -2.25. The van der Waals surface area contributed by atoms with Crippen molar-refractivity contribution in [1.82, 2.24) is 5.48 Å². The van der Waals surface area contributed by atoms with Crippen molar-refractivity contribution in [1.29, 1.82) is 0 Å². The third-order valence-corrected chi connectivity index (χ3v) is 1.80. The fourth-order valence-electron chi connectivity index (χ4n) is 0.927. The third-order valence-electron chi connectivity index (χ3n) is 1.80. The summed E-state index contributed by atoms with van der Waals surface area (Å²) in [6, 6.07) is 5.42. The monoisotopic (exact) mass is 167 g/mol. The molecule has 1 unspecified atom stereocenters. The summed E-state index contributed by atoms with van der Waals surface area (Å²) in [6.07, 6.45) is -0.576. The van der Waals surface area contributed by atoms with Gasteiger partial charge in [0.2, 0.25) is 0 Å². The first kappa shape index (κ1) is 8.99. The quantitative estimate of drug-likeness (QED) is 0.294. The zero-order valence-corrected chi connectivity index (χ0v) is 6.91. The molecule has 12 heavy (non-hydrogen) atoms. The van der Waals surface area contributed by atoms with Crippen LogP contribution < -0.4 is 16.9 Å². The summed E-state index contributed by atoms with van der Waals surface area (Å²) in [6.45, 7) is 1.91. The summed E-state index contributed by atoms with van der Waals surface area (Å²) < 4.78 is 0. The Bertz CT molecular complexity index is 275. The van der Waals surface area contributed by atoms with Crippen molar-refractivity contribution in [3.8, 4) is 0 Å². The molecule has 4 heteroatoms. The first-order chi connectivity index (χ1) is 5.65.